The van der Waals surface area contributed by atoms with Crippen LogP contribution in [-0.4, -0.2) is 30.6 Å². The molecule has 3 nitrogen and oxygen atoms in total. The van der Waals surface area contributed by atoms with Crippen molar-refractivity contribution in [3.05, 3.63) is 28.8 Å². The summed E-state index contributed by atoms with van der Waals surface area (Å²) < 4.78 is 6.02. The Hall–Kier alpha value is -0.770. The van der Waals surface area contributed by atoms with Crippen molar-refractivity contribution in [1.82, 2.24) is 4.90 Å². The topological polar surface area (TPSA) is 38.5 Å². The minimum atomic E-state index is 0.271. The number of ether oxygens (including phenoxy) is 1. The Morgan fingerprint density at radius 2 is 2.18 bits per heavy atom. The van der Waals surface area contributed by atoms with Crippen molar-refractivity contribution < 1.29 is 4.74 Å². The number of hydrogen-bond acceptors (Lipinski definition) is 3. The van der Waals surface area contributed by atoms with Crippen molar-refractivity contribution in [1.29, 1.82) is 0 Å². The molecule has 1 saturated carbocycles. The van der Waals surface area contributed by atoms with Crippen LogP contribution < -0.4 is 10.5 Å². The van der Waals surface area contributed by atoms with Crippen molar-refractivity contribution in [3.8, 4) is 5.75 Å². The molecule has 1 aromatic carbocycles. The average molecular weight is 323 g/mol. The molecular weight excluding hydrogens is 296 g/mol. The predicted molar refractivity (Wildman–Crippen MR) is 91.3 cm³/mol. The third-order valence-electron chi connectivity index (χ3n) is 4.87. The molecule has 2 N–H and O–H groups in total. The van der Waals surface area contributed by atoms with E-state index in [0.717, 1.165) is 42.9 Å². The predicted octanol–water partition coefficient (Wildman–Crippen LogP) is 3.69. The van der Waals surface area contributed by atoms with E-state index in [4.69, 9.17) is 22.1 Å². The van der Waals surface area contributed by atoms with Gasteiger partial charge in [0.15, 0.2) is 0 Å². The Morgan fingerprint density at radius 1 is 1.36 bits per heavy atom. The Balaban J connectivity index is 1.65. The first-order valence-electron chi connectivity index (χ1n) is 8.51. The summed E-state index contributed by atoms with van der Waals surface area (Å²) in [5.41, 5.74) is 7.30. The zero-order valence-corrected chi connectivity index (χ0v) is 14.2. The molecule has 4 heteroatoms. The second-order valence-corrected chi connectivity index (χ2v) is 7.44. The molecule has 0 bridgehead atoms. The number of likely N-dealkylation sites (tertiary alicyclic amines) is 1. The first kappa shape index (κ1) is 16.1. The minimum Gasteiger partial charge on any atom is -0.493 e. The van der Waals surface area contributed by atoms with Crippen molar-refractivity contribution in [2.75, 3.05) is 19.7 Å². The third-order valence-corrected chi connectivity index (χ3v) is 5.11. The van der Waals surface area contributed by atoms with E-state index in [1.165, 1.54) is 31.2 Å². The summed E-state index contributed by atoms with van der Waals surface area (Å²) in [5.74, 6) is 2.36. The molecular formula is C18H27ClN2O. The number of piperidine rings is 1. The van der Waals surface area contributed by atoms with Gasteiger partial charge in [0.1, 0.15) is 5.75 Å². The monoisotopic (exact) mass is 322 g/mol. The van der Waals surface area contributed by atoms with Crippen molar-refractivity contribution in [2.45, 2.75) is 45.2 Å². The molecule has 0 spiro atoms. The quantitative estimate of drug-likeness (QED) is 0.868. The fourth-order valence-corrected chi connectivity index (χ4v) is 3.40. The molecule has 1 aromatic rings. The van der Waals surface area contributed by atoms with Crippen LogP contribution in [0.4, 0.5) is 0 Å². The van der Waals surface area contributed by atoms with E-state index >= 15 is 0 Å². The van der Waals surface area contributed by atoms with Gasteiger partial charge in [0.05, 0.1) is 6.61 Å². The van der Waals surface area contributed by atoms with E-state index in [9.17, 15) is 0 Å². The molecule has 0 aromatic heterocycles. The van der Waals surface area contributed by atoms with E-state index in [2.05, 4.69) is 17.9 Å². The van der Waals surface area contributed by atoms with Gasteiger partial charge in [-0.15, -0.1) is 0 Å². The van der Waals surface area contributed by atoms with Gasteiger partial charge < -0.3 is 10.5 Å². The van der Waals surface area contributed by atoms with Gasteiger partial charge in [-0.05, 0) is 69.2 Å². The number of benzene rings is 1. The van der Waals surface area contributed by atoms with E-state index in [-0.39, 0.29) is 6.04 Å². The summed E-state index contributed by atoms with van der Waals surface area (Å²) in [6.07, 6.45) is 5.09. The van der Waals surface area contributed by atoms with Crippen LogP contribution in [0.3, 0.4) is 0 Å². The highest BCUT2D eigenvalue weighted by Crippen LogP contribution is 2.32. The molecule has 1 aliphatic heterocycles. The Labute approximate surface area is 138 Å². The van der Waals surface area contributed by atoms with Crippen molar-refractivity contribution >= 4 is 11.6 Å². The summed E-state index contributed by atoms with van der Waals surface area (Å²) in [6, 6.07) is 6.27. The second-order valence-electron chi connectivity index (χ2n) is 7.00. The smallest absolute Gasteiger partial charge is 0.123 e. The fourth-order valence-electron chi connectivity index (χ4n) is 3.21. The molecule has 3 rings (SSSR count). The molecule has 122 valence electrons. The average Bonchev–Trinajstić information content (AvgIpc) is 3.31. The lowest BCUT2D eigenvalue weighted by Gasteiger charge is -2.34. The maximum atomic E-state index is 6.19. The lowest BCUT2D eigenvalue weighted by atomic mass is 9.92. The lowest BCUT2D eigenvalue weighted by molar-refractivity contribution is 0.152. The number of rotatable bonds is 6. The fraction of sp³-hybridized carbons (Fsp3) is 0.667. The Morgan fingerprint density at radius 3 is 2.91 bits per heavy atom. The van der Waals surface area contributed by atoms with Crippen LogP contribution in [0.25, 0.3) is 0 Å². The van der Waals surface area contributed by atoms with Gasteiger partial charge in [0.2, 0.25) is 0 Å². The van der Waals surface area contributed by atoms with Crippen LogP contribution >= 0.6 is 11.6 Å². The highest BCUT2D eigenvalue weighted by Gasteiger charge is 2.25. The van der Waals surface area contributed by atoms with Gasteiger partial charge in [-0.2, -0.15) is 0 Å². The van der Waals surface area contributed by atoms with Gasteiger partial charge in [-0.25, -0.2) is 0 Å². The van der Waals surface area contributed by atoms with Crippen LogP contribution in [0.2, 0.25) is 5.02 Å². The van der Waals surface area contributed by atoms with E-state index in [1.54, 1.807) is 0 Å². The summed E-state index contributed by atoms with van der Waals surface area (Å²) in [6.45, 7) is 6.09. The van der Waals surface area contributed by atoms with Crippen LogP contribution in [-0.2, 0) is 6.54 Å². The molecule has 1 saturated heterocycles. The molecule has 2 atom stereocenters. The molecule has 1 aliphatic carbocycles. The molecule has 2 aliphatic rings. The number of hydrogen-bond donors (Lipinski definition) is 1. The number of nitrogens with zero attached hydrogens (tertiary/aromatic N) is 1. The maximum Gasteiger partial charge on any atom is 0.123 e. The molecule has 0 radical (unpaired) electrons. The zero-order chi connectivity index (χ0) is 15.5. The van der Waals surface area contributed by atoms with Crippen LogP contribution in [0.5, 0.6) is 5.75 Å². The van der Waals surface area contributed by atoms with Gasteiger partial charge in [0, 0.05) is 29.7 Å². The third kappa shape index (κ3) is 4.37. The number of nitrogens with two attached hydrogens (primary N) is 1. The second kappa shape index (κ2) is 7.20. The molecule has 2 unspecified atom stereocenters. The first-order chi connectivity index (χ1) is 10.6. The van der Waals surface area contributed by atoms with Gasteiger partial charge in [-0.1, -0.05) is 11.6 Å². The summed E-state index contributed by atoms with van der Waals surface area (Å²) in [4.78, 5) is 2.49. The van der Waals surface area contributed by atoms with Gasteiger partial charge in [0.25, 0.3) is 0 Å². The van der Waals surface area contributed by atoms with E-state index in [1.807, 2.05) is 12.1 Å². The normalized spacial score (nSPS) is 24.2. The molecule has 0 amide bonds. The van der Waals surface area contributed by atoms with Crippen LogP contribution in [0.1, 0.15) is 38.2 Å². The van der Waals surface area contributed by atoms with Crippen molar-refractivity contribution in [3.63, 3.8) is 0 Å². The summed E-state index contributed by atoms with van der Waals surface area (Å²) in [5, 5.41) is 0.787. The largest absolute Gasteiger partial charge is 0.493 e. The lowest BCUT2D eigenvalue weighted by Crippen LogP contribution is -2.41. The Bertz CT molecular complexity index is 502. The molecule has 22 heavy (non-hydrogen) atoms. The van der Waals surface area contributed by atoms with Gasteiger partial charge in [-0.3, -0.25) is 4.90 Å². The summed E-state index contributed by atoms with van der Waals surface area (Å²) in [7, 11) is 0. The van der Waals surface area contributed by atoms with Crippen LogP contribution in [0, 0.1) is 11.8 Å². The maximum absolute atomic E-state index is 6.19. The van der Waals surface area contributed by atoms with Crippen LogP contribution in [0.15, 0.2) is 18.2 Å². The van der Waals surface area contributed by atoms with E-state index < -0.39 is 0 Å². The van der Waals surface area contributed by atoms with Gasteiger partial charge >= 0.3 is 0 Å². The Kier molecular flexibility index (Phi) is 5.27. The zero-order valence-electron chi connectivity index (χ0n) is 13.4. The minimum absolute atomic E-state index is 0.271. The molecule has 1 heterocycles. The number of halogens is 1. The highest BCUT2D eigenvalue weighted by atomic mass is 35.5. The SMILES string of the molecule is CC(N)C1CCCN(Cc2cc(Cl)ccc2OCC2CC2)C1. The highest BCUT2D eigenvalue weighted by molar-refractivity contribution is 6.30. The first-order valence-corrected chi connectivity index (χ1v) is 8.89. The molecule has 2 fully saturated rings. The summed E-state index contributed by atoms with van der Waals surface area (Å²) >= 11 is 6.19. The standard InChI is InChI=1S/C18H27ClN2O/c1-13(20)15-3-2-8-21(10-15)11-16-9-17(19)6-7-18(16)22-12-14-4-5-14/h6-7,9,13-15H,2-5,8,10-12,20H2,1H3. The van der Waals surface area contributed by atoms with Crippen molar-refractivity contribution in [2.24, 2.45) is 17.6 Å². The van der Waals surface area contributed by atoms with E-state index in [0.29, 0.717) is 5.92 Å².